The minimum Gasteiger partial charge on any atom is -0.368 e. The molecule has 4 N–H and O–H groups in total. The third-order valence-corrected chi connectivity index (χ3v) is 2.68. The monoisotopic (exact) mass is 181 g/mol. The summed E-state index contributed by atoms with van der Waals surface area (Å²) in [5, 5.41) is 9.83. The van der Waals surface area contributed by atoms with Crippen LogP contribution in [0.3, 0.4) is 0 Å². The van der Waals surface area contributed by atoms with Crippen LogP contribution in [0.5, 0.6) is 0 Å². The van der Waals surface area contributed by atoms with Gasteiger partial charge in [-0.2, -0.15) is 4.98 Å². The van der Waals surface area contributed by atoms with Crippen molar-refractivity contribution in [2.45, 2.75) is 32.2 Å². The molecule has 1 aromatic heterocycles. The maximum atomic E-state index is 5.42. The number of nitrogens with one attached hydrogen (secondary N) is 2. The molecule has 5 heteroatoms. The van der Waals surface area contributed by atoms with Crippen LogP contribution >= 0.6 is 0 Å². The van der Waals surface area contributed by atoms with E-state index in [1.54, 1.807) is 0 Å². The lowest BCUT2D eigenvalue weighted by Gasteiger charge is -2.15. The van der Waals surface area contributed by atoms with Crippen molar-refractivity contribution < 1.29 is 0 Å². The Morgan fingerprint density at radius 3 is 2.92 bits per heavy atom. The van der Waals surface area contributed by atoms with Crippen LogP contribution < -0.4 is 11.1 Å². The van der Waals surface area contributed by atoms with Crippen molar-refractivity contribution in [3.8, 4) is 0 Å². The van der Waals surface area contributed by atoms with Crippen LogP contribution in [0.25, 0.3) is 0 Å². The van der Waals surface area contributed by atoms with Crippen molar-refractivity contribution in [2.75, 3.05) is 11.1 Å². The molecule has 0 spiro atoms. The number of rotatable bonds is 2. The Labute approximate surface area is 77.1 Å². The van der Waals surface area contributed by atoms with Crippen molar-refractivity contribution in [1.29, 1.82) is 0 Å². The smallest absolute Gasteiger partial charge is 0.243 e. The molecule has 1 aromatic rings. The number of nitrogens with zero attached hydrogens (tertiary/aromatic N) is 2. The van der Waals surface area contributed by atoms with Gasteiger partial charge in [0.15, 0.2) is 0 Å². The summed E-state index contributed by atoms with van der Waals surface area (Å²) in [6.45, 7) is 2.25. The van der Waals surface area contributed by atoms with Crippen LogP contribution in [-0.2, 0) is 0 Å². The normalized spacial score (nSPS) is 27.8. The summed E-state index contributed by atoms with van der Waals surface area (Å²) in [6, 6.07) is 0.509. The molecule has 0 radical (unpaired) electrons. The number of aromatic nitrogens is 3. The van der Waals surface area contributed by atoms with Gasteiger partial charge in [0.2, 0.25) is 11.9 Å². The summed E-state index contributed by atoms with van der Waals surface area (Å²) in [5.41, 5.74) is 5.42. The molecule has 72 valence electrons. The number of aromatic amines is 1. The molecule has 1 heterocycles. The maximum absolute atomic E-state index is 5.42. The molecule has 1 aliphatic rings. The van der Waals surface area contributed by atoms with Gasteiger partial charge in [-0.05, 0) is 18.8 Å². The molecule has 2 unspecified atom stereocenters. The summed E-state index contributed by atoms with van der Waals surface area (Å²) in [6.07, 6.45) is 3.78. The summed E-state index contributed by atoms with van der Waals surface area (Å²) >= 11 is 0. The Hall–Kier alpha value is -1.26. The lowest BCUT2D eigenvalue weighted by Crippen LogP contribution is -2.22. The average Bonchev–Trinajstić information content (AvgIpc) is 2.64. The van der Waals surface area contributed by atoms with Gasteiger partial charge in [0, 0.05) is 6.04 Å². The first kappa shape index (κ1) is 8.34. The molecule has 1 fully saturated rings. The molecular formula is C8H15N5. The van der Waals surface area contributed by atoms with Crippen LogP contribution in [-0.4, -0.2) is 21.2 Å². The van der Waals surface area contributed by atoms with Crippen molar-refractivity contribution in [3.05, 3.63) is 0 Å². The predicted molar refractivity (Wildman–Crippen MR) is 51.2 cm³/mol. The minimum atomic E-state index is 0.369. The van der Waals surface area contributed by atoms with E-state index in [0.717, 1.165) is 0 Å². The number of hydrogen-bond acceptors (Lipinski definition) is 4. The van der Waals surface area contributed by atoms with E-state index in [0.29, 0.717) is 23.9 Å². The van der Waals surface area contributed by atoms with E-state index in [1.165, 1.54) is 19.3 Å². The van der Waals surface area contributed by atoms with Crippen LogP contribution in [0.2, 0.25) is 0 Å². The molecule has 5 nitrogen and oxygen atoms in total. The van der Waals surface area contributed by atoms with Gasteiger partial charge >= 0.3 is 0 Å². The number of H-pyrrole nitrogens is 1. The highest BCUT2D eigenvalue weighted by Gasteiger charge is 2.23. The highest BCUT2D eigenvalue weighted by Crippen LogP contribution is 2.26. The van der Waals surface area contributed by atoms with Gasteiger partial charge in [-0.15, -0.1) is 5.10 Å². The second kappa shape index (κ2) is 3.24. The van der Waals surface area contributed by atoms with E-state index in [-0.39, 0.29) is 0 Å². The fourth-order valence-electron chi connectivity index (χ4n) is 1.86. The van der Waals surface area contributed by atoms with Gasteiger partial charge in [0.1, 0.15) is 0 Å². The van der Waals surface area contributed by atoms with Gasteiger partial charge in [-0.3, -0.25) is 0 Å². The lowest BCUT2D eigenvalue weighted by atomic mass is 10.1. The highest BCUT2D eigenvalue weighted by molar-refractivity contribution is 5.31. The first-order valence-electron chi connectivity index (χ1n) is 4.70. The molecule has 2 rings (SSSR count). The first-order valence-corrected chi connectivity index (χ1v) is 4.70. The molecule has 2 atom stereocenters. The number of hydrogen-bond donors (Lipinski definition) is 3. The molecule has 1 aliphatic carbocycles. The van der Waals surface area contributed by atoms with E-state index >= 15 is 0 Å². The molecule has 0 aliphatic heterocycles. The Kier molecular flexibility index (Phi) is 2.08. The topological polar surface area (TPSA) is 79.6 Å². The van der Waals surface area contributed by atoms with Crippen molar-refractivity contribution >= 4 is 11.9 Å². The van der Waals surface area contributed by atoms with Crippen LogP contribution in [0.1, 0.15) is 26.2 Å². The van der Waals surface area contributed by atoms with Crippen molar-refractivity contribution in [2.24, 2.45) is 5.92 Å². The predicted octanol–water partition coefficient (Wildman–Crippen LogP) is 0.987. The quantitative estimate of drug-likeness (QED) is 0.635. The van der Waals surface area contributed by atoms with Gasteiger partial charge in [0.05, 0.1) is 0 Å². The van der Waals surface area contributed by atoms with Crippen LogP contribution in [0.15, 0.2) is 0 Å². The second-order valence-corrected chi connectivity index (χ2v) is 3.70. The van der Waals surface area contributed by atoms with Gasteiger partial charge in [-0.25, -0.2) is 5.10 Å². The van der Waals surface area contributed by atoms with E-state index in [2.05, 4.69) is 27.4 Å². The average molecular weight is 181 g/mol. The summed E-state index contributed by atoms with van der Waals surface area (Å²) in [7, 11) is 0. The third-order valence-electron chi connectivity index (χ3n) is 2.68. The van der Waals surface area contributed by atoms with Crippen molar-refractivity contribution in [3.63, 3.8) is 0 Å². The van der Waals surface area contributed by atoms with Crippen LogP contribution in [0, 0.1) is 5.92 Å². The third kappa shape index (κ3) is 1.74. The fraction of sp³-hybridized carbons (Fsp3) is 0.750. The number of anilines is 2. The summed E-state index contributed by atoms with van der Waals surface area (Å²) < 4.78 is 0. The van der Waals surface area contributed by atoms with E-state index < -0.39 is 0 Å². The molecule has 1 saturated carbocycles. The second-order valence-electron chi connectivity index (χ2n) is 3.70. The van der Waals surface area contributed by atoms with Crippen LogP contribution in [0.4, 0.5) is 11.9 Å². The number of nitrogens with two attached hydrogens (primary N) is 1. The SMILES string of the molecule is CC1CCCC1Nc1n[nH]c(N)n1. The zero-order valence-electron chi connectivity index (χ0n) is 7.75. The molecule has 0 aromatic carbocycles. The molecular weight excluding hydrogens is 166 g/mol. The van der Waals surface area contributed by atoms with Gasteiger partial charge in [-0.1, -0.05) is 13.3 Å². The molecule has 13 heavy (non-hydrogen) atoms. The first-order chi connectivity index (χ1) is 6.25. The zero-order chi connectivity index (χ0) is 9.26. The molecule has 0 amide bonds. The Morgan fingerprint density at radius 1 is 1.54 bits per heavy atom. The maximum Gasteiger partial charge on any atom is 0.243 e. The van der Waals surface area contributed by atoms with E-state index in [1.807, 2.05) is 0 Å². The summed E-state index contributed by atoms with van der Waals surface area (Å²) in [5.74, 6) is 1.70. The molecule has 0 saturated heterocycles. The Balaban J connectivity index is 1.97. The van der Waals surface area contributed by atoms with Gasteiger partial charge in [0.25, 0.3) is 0 Å². The van der Waals surface area contributed by atoms with E-state index in [9.17, 15) is 0 Å². The minimum absolute atomic E-state index is 0.369. The lowest BCUT2D eigenvalue weighted by molar-refractivity contribution is 0.553. The highest BCUT2D eigenvalue weighted by atomic mass is 15.3. The van der Waals surface area contributed by atoms with E-state index in [4.69, 9.17) is 5.73 Å². The van der Waals surface area contributed by atoms with Gasteiger partial charge < -0.3 is 11.1 Å². The fourth-order valence-corrected chi connectivity index (χ4v) is 1.86. The number of nitrogen functional groups attached to an aromatic ring is 1. The standard InChI is InChI=1S/C8H15N5/c1-5-3-2-4-6(5)10-8-11-7(9)12-13-8/h5-6H,2-4H2,1H3,(H4,9,10,11,12,13). The summed E-state index contributed by atoms with van der Waals surface area (Å²) in [4.78, 5) is 4.01. The molecule has 0 bridgehead atoms. The Morgan fingerprint density at radius 2 is 2.38 bits per heavy atom. The Bertz CT molecular complexity index is 282. The zero-order valence-corrected chi connectivity index (χ0v) is 7.75. The van der Waals surface area contributed by atoms with Crippen molar-refractivity contribution in [1.82, 2.24) is 15.2 Å². The largest absolute Gasteiger partial charge is 0.368 e.